The average molecular weight is 196 g/mol. The highest BCUT2D eigenvalue weighted by molar-refractivity contribution is 5.13. The molecule has 0 aliphatic rings. The van der Waals surface area contributed by atoms with Crippen LogP contribution in [0.15, 0.2) is 12.1 Å². The monoisotopic (exact) mass is 196 g/mol. The lowest BCUT2D eigenvalue weighted by Gasteiger charge is -2.08. The fraction of sp³-hybridized carbons (Fsp3) is 0.545. The van der Waals surface area contributed by atoms with E-state index in [1.807, 2.05) is 25.3 Å². The molecule has 0 aromatic carbocycles. The molecular formula is C11H18NO2+. The number of aliphatic hydroxyl groups is 2. The molecule has 14 heavy (non-hydrogen) atoms. The van der Waals surface area contributed by atoms with Gasteiger partial charge in [-0.3, -0.25) is 0 Å². The van der Waals surface area contributed by atoms with Crippen LogP contribution in [0.2, 0.25) is 0 Å². The number of rotatable bonds is 3. The number of aryl methyl sites for hydroxylation is 3. The van der Waals surface area contributed by atoms with Gasteiger partial charge in [0.25, 0.3) is 0 Å². The van der Waals surface area contributed by atoms with Gasteiger partial charge in [0, 0.05) is 26.0 Å². The van der Waals surface area contributed by atoms with Crippen LogP contribution in [-0.4, -0.2) is 22.9 Å². The highest BCUT2D eigenvalue weighted by atomic mass is 16.3. The van der Waals surface area contributed by atoms with Gasteiger partial charge in [0.15, 0.2) is 17.9 Å². The molecule has 0 aliphatic carbocycles. The Morgan fingerprint density at radius 3 is 2.14 bits per heavy atom. The summed E-state index contributed by atoms with van der Waals surface area (Å²) in [6.45, 7) is 6.31. The van der Waals surface area contributed by atoms with Crippen molar-refractivity contribution in [3.63, 3.8) is 0 Å². The molecule has 0 spiro atoms. The first kappa shape index (κ1) is 11.1. The molecule has 0 radical (unpaired) electrons. The summed E-state index contributed by atoms with van der Waals surface area (Å²) in [5.74, 6) is 0. The third-order valence-electron chi connectivity index (χ3n) is 2.33. The van der Waals surface area contributed by atoms with Gasteiger partial charge in [0.1, 0.15) is 6.10 Å². The summed E-state index contributed by atoms with van der Waals surface area (Å²) in [4.78, 5) is 0. The van der Waals surface area contributed by atoms with Crippen molar-refractivity contribution in [3.8, 4) is 0 Å². The Bertz CT molecular complexity index is 300. The van der Waals surface area contributed by atoms with Crippen molar-refractivity contribution in [1.82, 2.24) is 0 Å². The maximum absolute atomic E-state index is 9.36. The minimum atomic E-state index is -0.680. The number of hydrogen-bond donors (Lipinski definition) is 2. The Morgan fingerprint density at radius 1 is 1.21 bits per heavy atom. The molecular weight excluding hydrogens is 178 g/mol. The van der Waals surface area contributed by atoms with Crippen LogP contribution in [0.25, 0.3) is 0 Å². The summed E-state index contributed by atoms with van der Waals surface area (Å²) < 4.78 is 2.01. The zero-order valence-electron chi connectivity index (χ0n) is 8.99. The molecule has 78 valence electrons. The van der Waals surface area contributed by atoms with Crippen molar-refractivity contribution in [2.75, 3.05) is 6.61 Å². The SMILES string of the molecule is Cc1cc(C)[n+](CC(O)CO)c(C)c1. The zero-order valence-corrected chi connectivity index (χ0v) is 8.99. The van der Waals surface area contributed by atoms with Crippen molar-refractivity contribution in [2.24, 2.45) is 0 Å². The van der Waals surface area contributed by atoms with Crippen LogP contribution in [0.3, 0.4) is 0 Å². The second-order valence-electron chi connectivity index (χ2n) is 3.76. The third-order valence-corrected chi connectivity index (χ3v) is 2.33. The molecule has 0 saturated heterocycles. The summed E-state index contributed by atoms with van der Waals surface area (Å²) in [5, 5.41) is 18.1. The summed E-state index contributed by atoms with van der Waals surface area (Å²) in [6.07, 6.45) is -0.680. The smallest absolute Gasteiger partial charge is 0.178 e. The molecule has 0 saturated carbocycles. The molecule has 1 unspecified atom stereocenters. The van der Waals surface area contributed by atoms with E-state index in [4.69, 9.17) is 5.11 Å². The van der Waals surface area contributed by atoms with Crippen LogP contribution in [0.1, 0.15) is 17.0 Å². The van der Waals surface area contributed by atoms with E-state index in [2.05, 4.69) is 12.1 Å². The van der Waals surface area contributed by atoms with Crippen LogP contribution >= 0.6 is 0 Å². The molecule has 1 aromatic rings. The highest BCUT2D eigenvalue weighted by Crippen LogP contribution is 2.01. The van der Waals surface area contributed by atoms with Gasteiger partial charge in [-0.25, -0.2) is 0 Å². The second kappa shape index (κ2) is 4.53. The third kappa shape index (κ3) is 2.53. The molecule has 1 heterocycles. The predicted molar refractivity (Wildman–Crippen MR) is 53.9 cm³/mol. The lowest BCUT2D eigenvalue weighted by molar-refractivity contribution is -0.715. The molecule has 1 atom stereocenters. The molecule has 1 rings (SSSR count). The van der Waals surface area contributed by atoms with Crippen LogP contribution in [0.4, 0.5) is 0 Å². The predicted octanol–water partition coefficient (Wildman–Crippen LogP) is 0.253. The minimum absolute atomic E-state index is 0.195. The van der Waals surface area contributed by atoms with Gasteiger partial charge in [-0.05, 0) is 12.5 Å². The van der Waals surface area contributed by atoms with Gasteiger partial charge >= 0.3 is 0 Å². The summed E-state index contributed by atoms with van der Waals surface area (Å²) in [5.41, 5.74) is 3.43. The van der Waals surface area contributed by atoms with Crippen molar-refractivity contribution < 1.29 is 14.8 Å². The van der Waals surface area contributed by atoms with Crippen LogP contribution in [0.5, 0.6) is 0 Å². The normalized spacial score (nSPS) is 12.9. The summed E-state index contributed by atoms with van der Waals surface area (Å²) >= 11 is 0. The number of aromatic nitrogens is 1. The van der Waals surface area contributed by atoms with E-state index in [1.165, 1.54) is 5.56 Å². The first-order chi connectivity index (χ1) is 6.54. The Balaban J connectivity index is 2.96. The van der Waals surface area contributed by atoms with Crippen molar-refractivity contribution in [3.05, 3.63) is 29.1 Å². The summed E-state index contributed by atoms with van der Waals surface area (Å²) in [7, 11) is 0. The van der Waals surface area contributed by atoms with E-state index in [1.54, 1.807) is 0 Å². The maximum atomic E-state index is 9.36. The molecule has 0 amide bonds. The van der Waals surface area contributed by atoms with Crippen molar-refractivity contribution >= 4 is 0 Å². The second-order valence-corrected chi connectivity index (χ2v) is 3.76. The van der Waals surface area contributed by atoms with E-state index in [-0.39, 0.29) is 6.61 Å². The lowest BCUT2D eigenvalue weighted by Crippen LogP contribution is -2.46. The van der Waals surface area contributed by atoms with E-state index in [9.17, 15) is 5.11 Å². The van der Waals surface area contributed by atoms with Gasteiger partial charge in [0.2, 0.25) is 0 Å². The number of nitrogens with zero attached hydrogens (tertiary/aromatic N) is 1. The molecule has 3 heteroatoms. The van der Waals surface area contributed by atoms with Crippen molar-refractivity contribution in [1.29, 1.82) is 0 Å². The molecule has 3 nitrogen and oxygen atoms in total. The Hall–Kier alpha value is -0.930. The van der Waals surface area contributed by atoms with E-state index < -0.39 is 6.10 Å². The summed E-state index contributed by atoms with van der Waals surface area (Å²) in [6, 6.07) is 4.13. The van der Waals surface area contributed by atoms with Gasteiger partial charge in [-0.1, -0.05) is 0 Å². The standard InChI is InChI=1S/C11H18NO2/c1-8-4-9(2)12(10(3)5-8)6-11(14)7-13/h4-5,11,13-14H,6-7H2,1-3H3/q+1. The molecule has 2 N–H and O–H groups in total. The fourth-order valence-corrected chi connectivity index (χ4v) is 1.69. The van der Waals surface area contributed by atoms with Gasteiger partial charge < -0.3 is 10.2 Å². The van der Waals surface area contributed by atoms with Crippen LogP contribution in [0, 0.1) is 20.8 Å². The molecule has 1 aromatic heterocycles. The Kier molecular flexibility index (Phi) is 3.61. The first-order valence-electron chi connectivity index (χ1n) is 4.81. The molecule has 0 bridgehead atoms. The van der Waals surface area contributed by atoms with E-state index in [0.717, 1.165) is 11.4 Å². The van der Waals surface area contributed by atoms with Crippen LogP contribution < -0.4 is 4.57 Å². The van der Waals surface area contributed by atoms with Crippen LogP contribution in [-0.2, 0) is 6.54 Å². The average Bonchev–Trinajstić information content (AvgIpc) is 2.10. The lowest BCUT2D eigenvalue weighted by atomic mass is 10.2. The zero-order chi connectivity index (χ0) is 10.7. The number of hydrogen-bond acceptors (Lipinski definition) is 2. The van der Waals surface area contributed by atoms with E-state index in [0.29, 0.717) is 6.54 Å². The van der Waals surface area contributed by atoms with E-state index >= 15 is 0 Å². The van der Waals surface area contributed by atoms with Gasteiger partial charge in [-0.15, -0.1) is 0 Å². The Labute approximate surface area is 84.6 Å². The fourth-order valence-electron chi connectivity index (χ4n) is 1.69. The first-order valence-corrected chi connectivity index (χ1v) is 4.81. The number of aliphatic hydroxyl groups excluding tert-OH is 2. The van der Waals surface area contributed by atoms with Crippen molar-refractivity contribution in [2.45, 2.75) is 33.4 Å². The largest absolute Gasteiger partial charge is 0.393 e. The van der Waals surface area contributed by atoms with Gasteiger partial charge in [-0.2, -0.15) is 4.57 Å². The highest BCUT2D eigenvalue weighted by Gasteiger charge is 2.15. The topological polar surface area (TPSA) is 44.3 Å². The molecule has 0 fully saturated rings. The maximum Gasteiger partial charge on any atom is 0.178 e. The number of pyridine rings is 1. The minimum Gasteiger partial charge on any atom is -0.393 e. The quantitative estimate of drug-likeness (QED) is 0.681. The van der Waals surface area contributed by atoms with Gasteiger partial charge in [0.05, 0.1) is 6.61 Å². The Morgan fingerprint density at radius 2 is 1.71 bits per heavy atom. The molecule has 0 aliphatic heterocycles.